The number of carbonyl (C=O) groups is 2. The third-order valence-electron chi connectivity index (χ3n) is 4.30. The van der Waals surface area contributed by atoms with Gasteiger partial charge in [0, 0.05) is 33.0 Å². The summed E-state index contributed by atoms with van der Waals surface area (Å²) < 4.78 is 6.71. The van der Waals surface area contributed by atoms with E-state index >= 15 is 0 Å². The normalized spacial score (nSPS) is 21.8. The van der Waals surface area contributed by atoms with Crippen LogP contribution < -0.4 is 5.73 Å². The molecule has 0 radical (unpaired) electrons. The second kappa shape index (κ2) is 6.91. The highest BCUT2D eigenvalue weighted by atomic mass is 16.5. The lowest BCUT2D eigenvalue weighted by atomic mass is 9.76. The Bertz CT molecular complexity index is 543. The van der Waals surface area contributed by atoms with E-state index in [1.165, 1.54) is 0 Å². The average Bonchev–Trinajstić information content (AvgIpc) is 2.90. The topological polar surface area (TPSA) is 90.5 Å². The Morgan fingerprint density at radius 3 is 2.86 bits per heavy atom. The average molecular weight is 308 g/mol. The number of hydrogen-bond donors (Lipinski definition) is 1. The lowest BCUT2D eigenvalue weighted by molar-refractivity contribution is -0.141. The summed E-state index contributed by atoms with van der Waals surface area (Å²) in [6.45, 7) is 3.60. The molecule has 7 heteroatoms. The molecule has 1 unspecified atom stereocenters. The maximum absolute atomic E-state index is 12.4. The fourth-order valence-electron chi connectivity index (χ4n) is 2.96. The second-order valence-electron chi connectivity index (χ2n) is 6.02. The van der Waals surface area contributed by atoms with Crippen LogP contribution in [-0.4, -0.2) is 53.3 Å². The van der Waals surface area contributed by atoms with E-state index in [4.69, 9.17) is 10.5 Å². The van der Waals surface area contributed by atoms with Gasteiger partial charge in [-0.1, -0.05) is 0 Å². The zero-order valence-corrected chi connectivity index (χ0v) is 13.2. The van der Waals surface area contributed by atoms with E-state index in [2.05, 4.69) is 5.10 Å². The number of carbonyl (C=O) groups excluding carboxylic acids is 2. The fraction of sp³-hybridized carbons (Fsp3) is 0.667. The van der Waals surface area contributed by atoms with Crippen LogP contribution in [0, 0.1) is 12.3 Å². The first kappa shape index (κ1) is 16.5. The van der Waals surface area contributed by atoms with Crippen molar-refractivity contribution in [2.75, 3.05) is 26.8 Å². The van der Waals surface area contributed by atoms with E-state index in [-0.39, 0.29) is 18.4 Å². The number of amides is 2. The zero-order chi connectivity index (χ0) is 16.2. The lowest BCUT2D eigenvalue weighted by Gasteiger charge is -2.40. The summed E-state index contributed by atoms with van der Waals surface area (Å²) in [5, 5.41) is 4.13. The first-order chi connectivity index (χ1) is 10.5. The number of primary amides is 1. The number of rotatable bonds is 6. The molecule has 1 aliphatic heterocycles. The van der Waals surface area contributed by atoms with Crippen molar-refractivity contribution in [1.82, 2.24) is 14.7 Å². The van der Waals surface area contributed by atoms with Crippen LogP contribution in [0.5, 0.6) is 0 Å². The Morgan fingerprint density at radius 2 is 2.27 bits per heavy atom. The zero-order valence-electron chi connectivity index (χ0n) is 13.2. The van der Waals surface area contributed by atoms with Crippen molar-refractivity contribution in [2.45, 2.75) is 32.7 Å². The number of methoxy groups -OCH3 is 1. The van der Waals surface area contributed by atoms with Gasteiger partial charge in [0.25, 0.3) is 0 Å². The van der Waals surface area contributed by atoms with Gasteiger partial charge in [0.15, 0.2) is 0 Å². The van der Waals surface area contributed by atoms with Gasteiger partial charge in [-0.05, 0) is 31.7 Å². The number of aromatic nitrogens is 2. The van der Waals surface area contributed by atoms with Gasteiger partial charge < -0.3 is 15.4 Å². The van der Waals surface area contributed by atoms with Crippen LogP contribution in [0.3, 0.4) is 0 Å². The molecular formula is C15H24N4O3. The van der Waals surface area contributed by atoms with E-state index in [1.807, 2.05) is 13.1 Å². The number of nitrogens with zero attached hydrogens (tertiary/aromatic N) is 3. The molecule has 1 saturated heterocycles. The molecule has 0 aliphatic carbocycles. The van der Waals surface area contributed by atoms with Crippen molar-refractivity contribution in [3.8, 4) is 0 Å². The Labute approximate surface area is 130 Å². The van der Waals surface area contributed by atoms with Crippen LogP contribution in [-0.2, 0) is 20.9 Å². The molecule has 2 amide bonds. The minimum absolute atomic E-state index is 0.0363. The summed E-state index contributed by atoms with van der Waals surface area (Å²) >= 11 is 0. The monoisotopic (exact) mass is 308 g/mol. The quantitative estimate of drug-likeness (QED) is 0.819. The number of ether oxygens (including phenoxy) is 1. The summed E-state index contributed by atoms with van der Waals surface area (Å²) in [4.78, 5) is 26.1. The minimum atomic E-state index is -0.677. The number of hydrogen-bond acceptors (Lipinski definition) is 4. The number of nitrogens with two attached hydrogens (primary N) is 1. The van der Waals surface area contributed by atoms with Crippen molar-refractivity contribution in [3.05, 3.63) is 18.0 Å². The standard InChI is InChI=1S/C15H24N4O3/c1-12-8-17-19(9-12)10-13(20)18-6-3-4-15(11-18,14(16)21)5-7-22-2/h8-9H,3-7,10-11H2,1-2H3,(H2,16,21). The van der Waals surface area contributed by atoms with Gasteiger partial charge in [-0.25, -0.2) is 0 Å². The Balaban J connectivity index is 2.04. The number of piperidine rings is 1. The molecule has 1 aliphatic rings. The molecule has 0 saturated carbocycles. The van der Waals surface area contributed by atoms with E-state index < -0.39 is 5.41 Å². The SMILES string of the molecule is COCCC1(C(N)=O)CCCN(C(=O)Cn2cc(C)cn2)C1. The predicted molar refractivity (Wildman–Crippen MR) is 80.9 cm³/mol. The summed E-state index contributed by atoms with van der Waals surface area (Å²) in [5.41, 5.74) is 5.95. The maximum atomic E-state index is 12.4. The van der Waals surface area contributed by atoms with Crippen LogP contribution in [0.2, 0.25) is 0 Å². The van der Waals surface area contributed by atoms with Gasteiger partial charge in [0.05, 0.1) is 11.6 Å². The number of likely N-dealkylation sites (tertiary alicyclic amines) is 1. The molecule has 7 nitrogen and oxygen atoms in total. The van der Waals surface area contributed by atoms with Gasteiger partial charge in [-0.3, -0.25) is 14.3 Å². The largest absolute Gasteiger partial charge is 0.385 e. The molecule has 2 heterocycles. The molecule has 1 aromatic heterocycles. The Hall–Kier alpha value is -1.89. The summed E-state index contributed by atoms with van der Waals surface area (Å²) in [5.74, 6) is -0.386. The highest BCUT2D eigenvalue weighted by Crippen LogP contribution is 2.33. The molecule has 22 heavy (non-hydrogen) atoms. The molecule has 1 fully saturated rings. The van der Waals surface area contributed by atoms with E-state index in [9.17, 15) is 9.59 Å². The van der Waals surface area contributed by atoms with Crippen molar-refractivity contribution in [2.24, 2.45) is 11.1 Å². The van der Waals surface area contributed by atoms with Gasteiger partial charge in [-0.2, -0.15) is 5.10 Å². The molecular weight excluding hydrogens is 284 g/mol. The molecule has 2 N–H and O–H groups in total. The van der Waals surface area contributed by atoms with Gasteiger partial charge in [0.2, 0.25) is 11.8 Å². The summed E-state index contributed by atoms with van der Waals surface area (Å²) in [6, 6.07) is 0. The predicted octanol–water partition coefficient (Wildman–Crippen LogP) is 0.322. The molecule has 122 valence electrons. The lowest BCUT2D eigenvalue weighted by Crippen LogP contribution is -2.53. The Morgan fingerprint density at radius 1 is 1.50 bits per heavy atom. The van der Waals surface area contributed by atoms with E-state index in [0.29, 0.717) is 32.5 Å². The first-order valence-corrected chi connectivity index (χ1v) is 7.52. The molecule has 2 rings (SSSR count). The molecule has 0 aromatic carbocycles. The van der Waals surface area contributed by atoms with Crippen LogP contribution in [0.15, 0.2) is 12.4 Å². The molecule has 0 bridgehead atoms. The van der Waals surface area contributed by atoms with Crippen molar-refractivity contribution in [3.63, 3.8) is 0 Å². The molecule has 1 aromatic rings. The van der Waals surface area contributed by atoms with Crippen LogP contribution in [0.4, 0.5) is 0 Å². The van der Waals surface area contributed by atoms with Gasteiger partial charge in [-0.15, -0.1) is 0 Å². The third-order valence-corrected chi connectivity index (χ3v) is 4.30. The third kappa shape index (κ3) is 3.65. The van der Waals surface area contributed by atoms with Crippen molar-refractivity contribution >= 4 is 11.8 Å². The minimum Gasteiger partial charge on any atom is -0.385 e. The molecule has 1 atom stereocenters. The fourth-order valence-corrected chi connectivity index (χ4v) is 2.96. The van der Waals surface area contributed by atoms with Crippen LogP contribution in [0.25, 0.3) is 0 Å². The summed E-state index contributed by atoms with van der Waals surface area (Å²) in [7, 11) is 1.60. The highest BCUT2D eigenvalue weighted by Gasteiger charge is 2.41. The maximum Gasteiger partial charge on any atom is 0.244 e. The summed E-state index contributed by atoms with van der Waals surface area (Å²) in [6.07, 6.45) is 5.57. The van der Waals surface area contributed by atoms with Crippen molar-refractivity contribution < 1.29 is 14.3 Å². The first-order valence-electron chi connectivity index (χ1n) is 7.52. The van der Waals surface area contributed by atoms with Crippen LogP contribution in [0.1, 0.15) is 24.8 Å². The van der Waals surface area contributed by atoms with E-state index in [1.54, 1.807) is 22.9 Å². The van der Waals surface area contributed by atoms with Gasteiger partial charge in [0.1, 0.15) is 6.54 Å². The Kier molecular flexibility index (Phi) is 5.18. The van der Waals surface area contributed by atoms with E-state index in [0.717, 1.165) is 12.0 Å². The molecule has 0 spiro atoms. The van der Waals surface area contributed by atoms with Crippen molar-refractivity contribution in [1.29, 1.82) is 0 Å². The smallest absolute Gasteiger partial charge is 0.244 e. The highest BCUT2D eigenvalue weighted by molar-refractivity contribution is 5.83. The second-order valence-corrected chi connectivity index (χ2v) is 6.02. The number of aryl methyl sites for hydroxylation is 1. The van der Waals surface area contributed by atoms with Gasteiger partial charge >= 0.3 is 0 Å². The van der Waals surface area contributed by atoms with Crippen LogP contribution >= 0.6 is 0 Å².